The second-order valence-electron chi connectivity index (χ2n) is 4.25. The number of hydrogen-bond acceptors (Lipinski definition) is 2. The molecule has 1 unspecified atom stereocenters. The molecule has 0 aromatic carbocycles. The molecule has 0 bridgehead atoms. The molecule has 0 spiro atoms. The normalized spacial score (nSPS) is 20.7. The number of fused-ring (bicyclic) bond motifs is 1. The first-order valence-corrected chi connectivity index (χ1v) is 6.32. The average Bonchev–Trinajstić information content (AvgIpc) is 2.88. The molecule has 1 fully saturated rings. The quantitative estimate of drug-likeness (QED) is 0.846. The lowest BCUT2D eigenvalue weighted by molar-refractivity contribution is 0.185. The minimum atomic E-state index is 0.642. The van der Waals surface area contributed by atoms with Crippen molar-refractivity contribution >= 4 is 21.6 Å². The van der Waals surface area contributed by atoms with Gasteiger partial charge in [-0.15, -0.1) is 0 Å². The molecule has 3 heterocycles. The van der Waals surface area contributed by atoms with Crippen molar-refractivity contribution in [1.29, 1.82) is 0 Å². The SMILES string of the molecule is Brc1cccn2cc(CC3CCOC3)nc12. The zero-order valence-corrected chi connectivity index (χ0v) is 10.5. The van der Waals surface area contributed by atoms with Crippen molar-refractivity contribution in [1.82, 2.24) is 9.38 Å². The van der Waals surface area contributed by atoms with E-state index in [9.17, 15) is 0 Å². The lowest BCUT2D eigenvalue weighted by Gasteiger charge is -2.02. The fraction of sp³-hybridized carbons (Fsp3) is 0.417. The molecule has 3 rings (SSSR count). The summed E-state index contributed by atoms with van der Waals surface area (Å²) in [5.41, 5.74) is 2.15. The first kappa shape index (κ1) is 10.3. The number of rotatable bonds is 2. The standard InChI is InChI=1S/C12H13BrN2O/c13-11-2-1-4-15-7-10(14-12(11)15)6-9-3-5-16-8-9/h1-2,4,7,9H,3,5-6,8H2. The van der Waals surface area contributed by atoms with Crippen LogP contribution < -0.4 is 0 Å². The number of ether oxygens (including phenoxy) is 1. The molecule has 1 aliphatic rings. The molecule has 3 nitrogen and oxygen atoms in total. The topological polar surface area (TPSA) is 26.5 Å². The van der Waals surface area contributed by atoms with Crippen LogP contribution in [0.3, 0.4) is 0 Å². The van der Waals surface area contributed by atoms with Gasteiger partial charge in [0.2, 0.25) is 0 Å². The second kappa shape index (κ2) is 4.18. The van der Waals surface area contributed by atoms with Gasteiger partial charge in [0.25, 0.3) is 0 Å². The lowest BCUT2D eigenvalue weighted by Crippen LogP contribution is -2.03. The van der Waals surface area contributed by atoms with Gasteiger partial charge >= 0.3 is 0 Å². The molecule has 4 heteroatoms. The molecule has 84 valence electrons. The van der Waals surface area contributed by atoms with Crippen molar-refractivity contribution in [3.05, 3.63) is 34.7 Å². The highest BCUT2D eigenvalue weighted by atomic mass is 79.9. The Bertz CT molecular complexity index is 503. The predicted octanol–water partition coefficient (Wildman–Crippen LogP) is 2.68. The maximum absolute atomic E-state index is 5.38. The molecular weight excluding hydrogens is 268 g/mol. The molecular formula is C12H13BrN2O. The molecule has 16 heavy (non-hydrogen) atoms. The second-order valence-corrected chi connectivity index (χ2v) is 5.11. The van der Waals surface area contributed by atoms with E-state index >= 15 is 0 Å². The van der Waals surface area contributed by atoms with Gasteiger partial charge < -0.3 is 9.14 Å². The van der Waals surface area contributed by atoms with Crippen LogP contribution >= 0.6 is 15.9 Å². The van der Waals surface area contributed by atoms with Crippen LogP contribution in [0.15, 0.2) is 29.0 Å². The monoisotopic (exact) mass is 280 g/mol. The minimum absolute atomic E-state index is 0.642. The third-order valence-electron chi connectivity index (χ3n) is 3.01. The summed E-state index contributed by atoms with van der Waals surface area (Å²) in [6, 6.07) is 4.03. The summed E-state index contributed by atoms with van der Waals surface area (Å²) in [7, 11) is 0. The van der Waals surface area contributed by atoms with E-state index in [0.29, 0.717) is 5.92 Å². The minimum Gasteiger partial charge on any atom is -0.381 e. The van der Waals surface area contributed by atoms with E-state index in [1.807, 2.05) is 18.3 Å². The smallest absolute Gasteiger partial charge is 0.151 e. The van der Waals surface area contributed by atoms with Crippen LogP contribution in [-0.2, 0) is 11.2 Å². The number of aromatic nitrogens is 2. The van der Waals surface area contributed by atoms with Crippen molar-refractivity contribution < 1.29 is 4.74 Å². The summed E-state index contributed by atoms with van der Waals surface area (Å²) in [5, 5.41) is 0. The number of halogens is 1. The van der Waals surface area contributed by atoms with Gasteiger partial charge in [-0.2, -0.15) is 0 Å². The zero-order chi connectivity index (χ0) is 11.0. The van der Waals surface area contributed by atoms with Gasteiger partial charge in [-0.3, -0.25) is 0 Å². The molecule has 0 amide bonds. The molecule has 0 N–H and O–H groups in total. The lowest BCUT2D eigenvalue weighted by atomic mass is 10.0. The van der Waals surface area contributed by atoms with Crippen molar-refractivity contribution in [2.45, 2.75) is 12.8 Å². The predicted molar refractivity (Wildman–Crippen MR) is 65.5 cm³/mol. The largest absolute Gasteiger partial charge is 0.381 e. The van der Waals surface area contributed by atoms with Gasteiger partial charge in [0.05, 0.1) is 10.2 Å². The number of hydrogen-bond donors (Lipinski definition) is 0. The van der Waals surface area contributed by atoms with Gasteiger partial charge in [0.15, 0.2) is 5.65 Å². The summed E-state index contributed by atoms with van der Waals surface area (Å²) in [4.78, 5) is 4.64. The first-order chi connectivity index (χ1) is 7.83. The van der Waals surface area contributed by atoms with Crippen molar-refractivity contribution in [3.63, 3.8) is 0 Å². The van der Waals surface area contributed by atoms with E-state index < -0.39 is 0 Å². The van der Waals surface area contributed by atoms with E-state index in [4.69, 9.17) is 4.74 Å². The van der Waals surface area contributed by atoms with Crippen LogP contribution in [0.1, 0.15) is 12.1 Å². The third-order valence-corrected chi connectivity index (χ3v) is 3.63. The van der Waals surface area contributed by atoms with E-state index in [1.54, 1.807) is 0 Å². The van der Waals surface area contributed by atoms with Crippen molar-refractivity contribution in [2.75, 3.05) is 13.2 Å². The number of pyridine rings is 1. The van der Waals surface area contributed by atoms with E-state index in [0.717, 1.165) is 41.9 Å². The highest BCUT2D eigenvalue weighted by Crippen LogP contribution is 2.21. The molecule has 0 aliphatic carbocycles. The van der Waals surface area contributed by atoms with Crippen LogP contribution in [0.2, 0.25) is 0 Å². The highest BCUT2D eigenvalue weighted by molar-refractivity contribution is 9.10. The fourth-order valence-corrected chi connectivity index (χ4v) is 2.61. The van der Waals surface area contributed by atoms with E-state index in [2.05, 4.69) is 31.5 Å². The zero-order valence-electron chi connectivity index (χ0n) is 8.90. The molecule has 2 aromatic heterocycles. The Hall–Kier alpha value is -0.870. The van der Waals surface area contributed by atoms with Gasteiger partial charge in [-0.05, 0) is 46.8 Å². The Morgan fingerprint density at radius 1 is 1.56 bits per heavy atom. The summed E-state index contributed by atoms with van der Waals surface area (Å²) in [6.07, 6.45) is 6.32. The molecule has 1 atom stereocenters. The van der Waals surface area contributed by atoms with Crippen LogP contribution in [-0.4, -0.2) is 22.6 Å². The summed E-state index contributed by atoms with van der Waals surface area (Å²) in [6.45, 7) is 1.79. The molecule has 0 radical (unpaired) electrons. The van der Waals surface area contributed by atoms with Crippen LogP contribution in [0.4, 0.5) is 0 Å². The Morgan fingerprint density at radius 2 is 2.50 bits per heavy atom. The molecule has 1 saturated heterocycles. The molecule has 0 saturated carbocycles. The van der Waals surface area contributed by atoms with Crippen LogP contribution in [0, 0.1) is 5.92 Å². The molecule has 2 aromatic rings. The summed E-state index contributed by atoms with van der Waals surface area (Å²) < 4.78 is 8.49. The van der Waals surface area contributed by atoms with E-state index in [1.165, 1.54) is 0 Å². The Morgan fingerprint density at radius 3 is 3.25 bits per heavy atom. The number of imidazole rings is 1. The Balaban J connectivity index is 1.90. The summed E-state index contributed by atoms with van der Waals surface area (Å²) >= 11 is 3.51. The maximum atomic E-state index is 5.38. The van der Waals surface area contributed by atoms with Crippen LogP contribution in [0.25, 0.3) is 5.65 Å². The fourth-order valence-electron chi connectivity index (χ4n) is 2.17. The molecule has 1 aliphatic heterocycles. The summed E-state index contributed by atoms with van der Waals surface area (Å²) in [5.74, 6) is 0.642. The van der Waals surface area contributed by atoms with Gasteiger partial charge in [-0.25, -0.2) is 4.98 Å². The van der Waals surface area contributed by atoms with Gasteiger partial charge in [-0.1, -0.05) is 0 Å². The third kappa shape index (κ3) is 1.87. The van der Waals surface area contributed by atoms with Crippen molar-refractivity contribution in [2.24, 2.45) is 5.92 Å². The van der Waals surface area contributed by atoms with E-state index in [-0.39, 0.29) is 0 Å². The van der Waals surface area contributed by atoms with Gasteiger partial charge in [0, 0.05) is 25.6 Å². The van der Waals surface area contributed by atoms with Crippen molar-refractivity contribution in [3.8, 4) is 0 Å². The maximum Gasteiger partial charge on any atom is 0.151 e. The number of nitrogens with zero attached hydrogens (tertiary/aromatic N) is 2. The van der Waals surface area contributed by atoms with Crippen LogP contribution in [0.5, 0.6) is 0 Å². The first-order valence-electron chi connectivity index (χ1n) is 5.53. The Labute approximate surface area is 103 Å². The average molecular weight is 281 g/mol. The highest BCUT2D eigenvalue weighted by Gasteiger charge is 2.17. The van der Waals surface area contributed by atoms with Gasteiger partial charge in [0.1, 0.15) is 0 Å². The Kier molecular flexibility index (Phi) is 2.69.